The van der Waals surface area contributed by atoms with Gasteiger partial charge in [-0.25, -0.2) is 0 Å². The van der Waals surface area contributed by atoms with E-state index in [0.29, 0.717) is 5.91 Å². The lowest BCUT2D eigenvalue weighted by Crippen LogP contribution is -2.47. The molecule has 3 heterocycles. The fraction of sp³-hybridized carbons (Fsp3) is 0.722. The number of carbonyl (C=O) groups excluding carboxylic acids is 1. The highest BCUT2D eigenvalue weighted by molar-refractivity contribution is 7.10. The van der Waals surface area contributed by atoms with Gasteiger partial charge < -0.3 is 9.64 Å². The Labute approximate surface area is 136 Å². The smallest absolute Gasteiger partial charge is 0.234 e. The summed E-state index contributed by atoms with van der Waals surface area (Å²) in [4.78, 5) is 16.9. The Morgan fingerprint density at radius 1 is 1.18 bits per heavy atom. The molecule has 0 N–H and O–H groups in total. The molecule has 1 amide bonds. The molecule has 0 bridgehead atoms. The molecule has 1 aromatic rings. The van der Waals surface area contributed by atoms with Gasteiger partial charge in [-0.3, -0.25) is 4.79 Å². The number of ether oxygens (including phenoxy) is 1. The SMILES string of the molecule is O=C(N1CCC2(CCOC2)C1)C1(c2cccs2)CCCCC1. The first-order valence-corrected chi connectivity index (χ1v) is 9.53. The minimum atomic E-state index is -0.225. The summed E-state index contributed by atoms with van der Waals surface area (Å²) in [5.74, 6) is 0.401. The first kappa shape index (κ1) is 14.7. The zero-order chi connectivity index (χ0) is 15.0. The Bertz CT molecular complexity index is 527. The van der Waals surface area contributed by atoms with Gasteiger partial charge in [-0.15, -0.1) is 11.3 Å². The Morgan fingerprint density at radius 3 is 2.73 bits per heavy atom. The number of likely N-dealkylation sites (tertiary alicyclic amines) is 1. The van der Waals surface area contributed by atoms with Crippen molar-refractivity contribution in [2.75, 3.05) is 26.3 Å². The molecular weight excluding hydrogens is 294 g/mol. The third-order valence-corrected chi connectivity index (χ3v) is 7.09. The van der Waals surface area contributed by atoms with Gasteiger partial charge in [0.25, 0.3) is 0 Å². The van der Waals surface area contributed by atoms with E-state index >= 15 is 0 Å². The van der Waals surface area contributed by atoms with Crippen LogP contribution in [0, 0.1) is 5.41 Å². The van der Waals surface area contributed by atoms with E-state index in [9.17, 15) is 4.79 Å². The molecule has 4 rings (SSSR count). The van der Waals surface area contributed by atoms with Crippen LogP contribution < -0.4 is 0 Å². The van der Waals surface area contributed by atoms with E-state index < -0.39 is 0 Å². The molecule has 2 saturated heterocycles. The van der Waals surface area contributed by atoms with Crippen LogP contribution in [0.3, 0.4) is 0 Å². The highest BCUT2D eigenvalue weighted by Gasteiger charge is 2.49. The van der Waals surface area contributed by atoms with Crippen LogP contribution in [0.5, 0.6) is 0 Å². The Kier molecular flexibility index (Phi) is 3.77. The standard InChI is InChI=1S/C18H25NO2S/c20-16(19-10-8-17(13-19)9-11-21-14-17)18(6-2-1-3-7-18)15-5-4-12-22-15/h4-5,12H,1-3,6-11,13-14H2. The molecule has 22 heavy (non-hydrogen) atoms. The average molecular weight is 319 g/mol. The number of hydrogen-bond acceptors (Lipinski definition) is 3. The highest BCUT2D eigenvalue weighted by atomic mass is 32.1. The van der Waals surface area contributed by atoms with Gasteiger partial charge in [0.05, 0.1) is 12.0 Å². The largest absolute Gasteiger partial charge is 0.381 e. The highest BCUT2D eigenvalue weighted by Crippen LogP contribution is 2.46. The maximum absolute atomic E-state index is 13.5. The van der Waals surface area contributed by atoms with Crippen molar-refractivity contribution in [2.24, 2.45) is 5.41 Å². The monoisotopic (exact) mass is 319 g/mol. The Balaban J connectivity index is 1.59. The molecule has 0 aromatic carbocycles. The fourth-order valence-electron chi connectivity index (χ4n) is 4.65. The number of amides is 1. The van der Waals surface area contributed by atoms with Crippen molar-refractivity contribution in [2.45, 2.75) is 50.4 Å². The predicted octanol–water partition coefficient (Wildman–Crippen LogP) is 3.59. The van der Waals surface area contributed by atoms with E-state index in [1.807, 2.05) is 0 Å². The number of hydrogen-bond donors (Lipinski definition) is 0. The topological polar surface area (TPSA) is 29.5 Å². The van der Waals surface area contributed by atoms with Crippen molar-refractivity contribution >= 4 is 17.2 Å². The maximum Gasteiger partial charge on any atom is 0.234 e. The van der Waals surface area contributed by atoms with Crippen molar-refractivity contribution in [3.8, 4) is 0 Å². The maximum atomic E-state index is 13.5. The number of rotatable bonds is 2. The first-order valence-electron chi connectivity index (χ1n) is 8.65. The van der Waals surface area contributed by atoms with Gasteiger partial charge in [0, 0.05) is 30.0 Å². The Morgan fingerprint density at radius 2 is 2.05 bits per heavy atom. The van der Waals surface area contributed by atoms with Crippen LogP contribution in [0.2, 0.25) is 0 Å². The second-order valence-electron chi connectivity index (χ2n) is 7.40. The summed E-state index contributed by atoms with van der Waals surface area (Å²) >= 11 is 1.77. The molecule has 2 aliphatic heterocycles. The molecule has 0 radical (unpaired) electrons. The second-order valence-corrected chi connectivity index (χ2v) is 8.35. The van der Waals surface area contributed by atoms with Crippen LogP contribution in [0.15, 0.2) is 17.5 Å². The van der Waals surface area contributed by atoms with Crippen LogP contribution in [-0.4, -0.2) is 37.1 Å². The number of carbonyl (C=O) groups is 1. The Hall–Kier alpha value is -0.870. The summed E-state index contributed by atoms with van der Waals surface area (Å²) in [6, 6.07) is 4.28. The van der Waals surface area contributed by atoms with Gasteiger partial charge in [-0.1, -0.05) is 25.3 Å². The third-order valence-electron chi connectivity index (χ3n) is 6.02. The molecule has 3 fully saturated rings. The average Bonchev–Trinajstić information content (AvgIpc) is 3.30. The lowest BCUT2D eigenvalue weighted by atomic mass is 9.72. The molecule has 1 unspecified atom stereocenters. The van der Waals surface area contributed by atoms with E-state index in [4.69, 9.17) is 4.74 Å². The van der Waals surface area contributed by atoms with Crippen LogP contribution in [0.1, 0.15) is 49.8 Å². The zero-order valence-electron chi connectivity index (χ0n) is 13.2. The lowest BCUT2D eigenvalue weighted by Gasteiger charge is -2.38. The molecule has 4 heteroatoms. The summed E-state index contributed by atoms with van der Waals surface area (Å²) in [6.07, 6.45) is 7.97. The minimum absolute atomic E-state index is 0.225. The van der Waals surface area contributed by atoms with E-state index in [0.717, 1.165) is 52.0 Å². The zero-order valence-corrected chi connectivity index (χ0v) is 14.0. The van der Waals surface area contributed by atoms with Crippen LogP contribution in [0.4, 0.5) is 0 Å². The van der Waals surface area contributed by atoms with Crippen molar-refractivity contribution in [1.29, 1.82) is 0 Å². The van der Waals surface area contributed by atoms with Crippen molar-refractivity contribution in [3.05, 3.63) is 22.4 Å². The molecule has 3 nitrogen and oxygen atoms in total. The molecule has 1 spiro atoms. The van der Waals surface area contributed by atoms with Gasteiger partial charge in [0.1, 0.15) is 0 Å². The molecule has 120 valence electrons. The van der Waals surface area contributed by atoms with Gasteiger partial charge in [-0.05, 0) is 37.1 Å². The van der Waals surface area contributed by atoms with E-state index in [2.05, 4.69) is 22.4 Å². The van der Waals surface area contributed by atoms with Crippen LogP contribution >= 0.6 is 11.3 Å². The molecular formula is C18H25NO2S. The van der Waals surface area contributed by atoms with E-state index in [1.54, 1.807) is 11.3 Å². The molecule has 1 aliphatic carbocycles. The molecule has 1 aromatic heterocycles. The molecule has 1 saturated carbocycles. The van der Waals surface area contributed by atoms with Crippen LogP contribution in [0.25, 0.3) is 0 Å². The van der Waals surface area contributed by atoms with Gasteiger partial charge in [0.2, 0.25) is 5.91 Å². The molecule has 1 atom stereocenters. The quantitative estimate of drug-likeness (QED) is 0.834. The van der Waals surface area contributed by atoms with Crippen molar-refractivity contribution in [3.63, 3.8) is 0 Å². The van der Waals surface area contributed by atoms with Gasteiger partial charge >= 0.3 is 0 Å². The summed E-state index contributed by atoms with van der Waals surface area (Å²) < 4.78 is 5.62. The fourth-order valence-corrected chi connectivity index (χ4v) is 5.63. The third kappa shape index (κ3) is 2.31. The first-order chi connectivity index (χ1) is 10.7. The number of thiophene rings is 1. The van der Waals surface area contributed by atoms with Crippen molar-refractivity contribution in [1.82, 2.24) is 4.90 Å². The summed E-state index contributed by atoms with van der Waals surface area (Å²) in [6.45, 7) is 3.56. The van der Waals surface area contributed by atoms with E-state index in [-0.39, 0.29) is 10.8 Å². The summed E-state index contributed by atoms with van der Waals surface area (Å²) in [5, 5.41) is 2.12. The van der Waals surface area contributed by atoms with E-state index in [1.165, 1.54) is 24.1 Å². The number of nitrogens with zero attached hydrogens (tertiary/aromatic N) is 1. The summed E-state index contributed by atoms with van der Waals surface area (Å²) in [7, 11) is 0. The predicted molar refractivity (Wildman–Crippen MR) is 88.1 cm³/mol. The van der Waals surface area contributed by atoms with Crippen molar-refractivity contribution < 1.29 is 9.53 Å². The van der Waals surface area contributed by atoms with Gasteiger partial charge in [0.15, 0.2) is 0 Å². The second kappa shape index (κ2) is 5.64. The van der Waals surface area contributed by atoms with Gasteiger partial charge in [-0.2, -0.15) is 0 Å². The lowest BCUT2D eigenvalue weighted by molar-refractivity contribution is -0.138. The van der Waals surface area contributed by atoms with Crippen LogP contribution in [-0.2, 0) is 14.9 Å². The normalized spacial score (nSPS) is 31.0. The molecule has 3 aliphatic rings. The minimum Gasteiger partial charge on any atom is -0.381 e. The summed E-state index contributed by atoms with van der Waals surface area (Å²) in [5.41, 5.74) is 0.0401.